The van der Waals surface area contributed by atoms with Crippen LogP contribution in [-0.4, -0.2) is 41.7 Å². The molecule has 1 atom stereocenters. The molecule has 4 rings (SSSR count). The second kappa shape index (κ2) is 8.18. The first-order chi connectivity index (χ1) is 14.1. The molecule has 0 saturated heterocycles. The fraction of sp³-hybridized carbons (Fsp3) is 0.227. The van der Waals surface area contributed by atoms with Gasteiger partial charge in [0, 0.05) is 7.05 Å². The summed E-state index contributed by atoms with van der Waals surface area (Å²) in [4.78, 5) is 26.9. The van der Waals surface area contributed by atoms with E-state index >= 15 is 0 Å². The van der Waals surface area contributed by atoms with Crippen LogP contribution >= 0.6 is 0 Å². The number of nitrogens with one attached hydrogen (secondary N) is 2. The first kappa shape index (κ1) is 18.7. The summed E-state index contributed by atoms with van der Waals surface area (Å²) in [5, 5.41) is 9.73. The van der Waals surface area contributed by atoms with Gasteiger partial charge >= 0.3 is 0 Å². The van der Waals surface area contributed by atoms with Crippen LogP contribution in [0.3, 0.4) is 0 Å². The van der Waals surface area contributed by atoms with Gasteiger partial charge in [-0.3, -0.25) is 14.7 Å². The maximum atomic E-state index is 12.7. The number of amides is 2. The van der Waals surface area contributed by atoms with Gasteiger partial charge in [-0.05, 0) is 36.6 Å². The Bertz CT molecular complexity index is 1020. The summed E-state index contributed by atoms with van der Waals surface area (Å²) in [6, 6.07) is 18.3. The molecule has 7 nitrogen and oxygen atoms in total. The number of aryl methyl sites for hydroxylation is 2. The largest absolute Gasteiger partial charge is 0.489 e. The lowest BCUT2D eigenvalue weighted by atomic mass is 10.1. The van der Waals surface area contributed by atoms with Crippen molar-refractivity contribution in [1.29, 1.82) is 0 Å². The van der Waals surface area contributed by atoms with Gasteiger partial charge in [0.1, 0.15) is 24.1 Å². The van der Waals surface area contributed by atoms with Gasteiger partial charge in [-0.15, -0.1) is 0 Å². The van der Waals surface area contributed by atoms with Gasteiger partial charge in [0.2, 0.25) is 0 Å². The molecule has 0 unspecified atom stereocenters. The molecule has 3 aromatic rings. The standard InChI is InChI=1S/C22H22N4O3/c1-26-19-9-5-6-10-20(19)29-14-18(22(26)28)23-21(27)17-13-16(24-25-17)12-11-15-7-3-2-4-8-15/h2-10,13,18H,11-12,14H2,1H3,(H,23,27)(H,24,25)/t18-/m0/s1. The van der Waals surface area contributed by atoms with Crippen molar-refractivity contribution >= 4 is 17.5 Å². The Morgan fingerprint density at radius 1 is 1.17 bits per heavy atom. The molecule has 0 fully saturated rings. The SMILES string of the molecule is CN1C(=O)[C@@H](NC(=O)c2cc(CCc3ccccc3)n[nH]2)COc2ccccc21. The fourth-order valence-electron chi connectivity index (χ4n) is 3.32. The summed E-state index contributed by atoms with van der Waals surface area (Å²) >= 11 is 0. The Hall–Kier alpha value is -3.61. The van der Waals surface area contributed by atoms with Crippen LogP contribution in [0, 0.1) is 0 Å². The minimum atomic E-state index is -0.782. The number of anilines is 1. The van der Waals surface area contributed by atoms with E-state index in [0.717, 1.165) is 18.5 Å². The third-order valence-corrected chi connectivity index (χ3v) is 4.95. The van der Waals surface area contributed by atoms with Gasteiger partial charge in [-0.1, -0.05) is 42.5 Å². The van der Waals surface area contributed by atoms with Crippen molar-refractivity contribution in [3.8, 4) is 5.75 Å². The van der Waals surface area contributed by atoms with E-state index in [1.54, 1.807) is 19.2 Å². The first-order valence-electron chi connectivity index (χ1n) is 9.50. The molecule has 0 spiro atoms. The summed E-state index contributed by atoms with van der Waals surface area (Å²) < 4.78 is 5.73. The predicted molar refractivity (Wildman–Crippen MR) is 109 cm³/mol. The maximum Gasteiger partial charge on any atom is 0.270 e. The number of hydrogen-bond acceptors (Lipinski definition) is 4. The number of carbonyl (C=O) groups excluding carboxylic acids is 2. The highest BCUT2D eigenvalue weighted by Gasteiger charge is 2.30. The Labute approximate surface area is 168 Å². The third-order valence-electron chi connectivity index (χ3n) is 4.95. The number of para-hydroxylation sites is 2. The van der Waals surface area contributed by atoms with Crippen LogP contribution < -0.4 is 15.0 Å². The average molecular weight is 390 g/mol. The number of fused-ring (bicyclic) bond motifs is 1. The van der Waals surface area contributed by atoms with Crippen LogP contribution in [0.5, 0.6) is 5.75 Å². The van der Waals surface area contributed by atoms with Crippen molar-refractivity contribution in [1.82, 2.24) is 15.5 Å². The van der Waals surface area contributed by atoms with E-state index in [9.17, 15) is 9.59 Å². The number of carbonyl (C=O) groups is 2. The number of aromatic amines is 1. The van der Waals surface area contributed by atoms with E-state index < -0.39 is 6.04 Å². The summed E-state index contributed by atoms with van der Waals surface area (Å²) in [6.07, 6.45) is 1.56. The Kier molecular flexibility index (Phi) is 5.29. The molecule has 1 aliphatic heterocycles. The van der Waals surface area contributed by atoms with Gasteiger partial charge in [-0.2, -0.15) is 5.10 Å². The normalized spacial score (nSPS) is 16.0. The minimum Gasteiger partial charge on any atom is -0.489 e. The molecule has 0 saturated carbocycles. The topological polar surface area (TPSA) is 87.3 Å². The maximum absolute atomic E-state index is 12.7. The van der Waals surface area contributed by atoms with Crippen molar-refractivity contribution in [2.24, 2.45) is 0 Å². The summed E-state index contributed by atoms with van der Waals surface area (Å²) in [5.74, 6) is 0.00159. The molecule has 1 aromatic heterocycles. The fourth-order valence-corrected chi connectivity index (χ4v) is 3.32. The molecule has 1 aliphatic rings. The Balaban J connectivity index is 1.39. The van der Waals surface area contributed by atoms with E-state index in [1.165, 1.54) is 10.5 Å². The van der Waals surface area contributed by atoms with Gasteiger partial charge in [-0.25, -0.2) is 0 Å². The predicted octanol–water partition coefficient (Wildman–Crippen LogP) is 2.35. The number of rotatable bonds is 5. The molecule has 2 N–H and O–H groups in total. The van der Waals surface area contributed by atoms with Gasteiger partial charge < -0.3 is 15.0 Å². The van der Waals surface area contributed by atoms with E-state index in [0.29, 0.717) is 17.1 Å². The zero-order chi connectivity index (χ0) is 20.2. The quantitative estimate of drug-likeness (QED) is 0.700. The third kappa shape index (κ3) is 4.13. The van der Waals surface area contributed by atoms with E-state index in [-0.39, 0.29) is 18.4 Å². The summed E-state index contributed by atoms with van der Waals surface area (Å²) in [7, 11) is 1.67. The van der Waals surface area contributed by atoms with Gasteiger partial charge in [0.05, 0.1) is 11.4 Å². The monoisotopic (exact) mass is 390 g/mol. The highest BCUT2D eigenvalue weighted by Crippen LogP contribution is 2.29. The number of likely N-dealkylation sites (N-methyl/N-ethyl adjacent to an activating group) is 1. The molecule has 148 valence electrons. The van der Waals surface area contributed by atoms with E-state index in [2.05, 4.69) is 27.6 Å². The molecule has 2 heterocycles. The molecular weight excluding hydrogens is 368 g/mol. The number of ether oxygens (including phenoxy) is 1. The lowest BCUT2D eigenvalue weighted by molar-refractivity contribution is -0.120. The number of aromatic nitrogens is 2. The molecule has 7 heteroatoms. The summed E-state index contributed by atoms with van der Waals surface area (Å²) in [5.41, 5.74) is 3.02. The van der Waals surface area contributed by atoms with Crippen LogP contribution in [0.1, 0.15) is 21.7 Å². The number of H-pyrrole nitrogens is 1. The first-order valence-corrected chi connectivity index (χ1v) is 9.50. The van der Waals surface area contributed by atoms with Crippen molar-refractivity contribution in [2.75, 3.05) is 18.6 Å². The molecule has 0 bridgehead atoms. The average Bonchev–Trinajstić information content (AvgIpc) is 3.20. The van der Waals surface area contributed by atoms with Crippen LogP contribution in [0.25, 0.3) is 0 Å². The van der Waals surface area contributed by atoms with Crippen molar-refractivity contribution in [3.63, 3.8) is 0 Å². The molecule has 0 radical (unpaired) electrons. The van der Waals surface area contributed by atoms with Crippen molar-refractivity contribution in [3.05, 3.63) is 77.6 Å². The minimum absolute atomic E-state index is 0.0704. The number of hydrogen-bond donors (Lipinski definition) is 2. The lowest BCUT2D eigenvalue weighted by Gasteiger charge is -2.20. The Morgan fingerprint density at radius 3 is 2.76 bits per heavy atom. The van der Waals surface area contributed by atoms with E-state index in [1.807, 2.05) is 36.4 Å². The van der Waals surface area contributed by atoms with Gasteiger partial charge in [0.15, 0.2) is 0 Å². The molecule has 0 aliphatic carbocycles. The highest BCUT2D eigenvalue weighted by atomic mass is 16.5. The number of benzene rings is 2. The second-order valence-corrected chi connectivity index (χ2v) is 6.96. The highest BCUT2D eigenvalue weighted by molar-refractivity contribution is 6.02. The molecular formula is C22H22N4O3. The van der Waals surface area contributed by atoms with Crippen LogP contribution in [0.15, 0.2) is 60.7 Å². The van der Waals surface area contributed by atoms with Crippen LogP contribution in [0.2, 0.25) is 0 Å². The smallest absolute Gasteiger partial charge is 0.270 e. The van der Waals surface area contributed by atoms with Gasteiger partial charge in [0.25, 0.3) is 11.8 Å². The van der Waals surface area contributed by atoms with Crippen molar-refractivity contribution < 1.29 is 14.3 Å². The lowest BCUT2D eigenvalue weighted by Crippen LogP contribution is -2.49. The molecule has 29 heavy (non-hydrogen) atoms. The number of nitrogens with zero attached hydrogens (tertiary/aromatic N) is 2. The zero-order valence-corrected chi connectivity index (χ0v) is 16.1. The van der Waals surface area contributed by atoms with Crippen molar-refractivity contribution in [2.45, 2.75) is 18.9 Å². The molecule has 2 amide bonds. The van der Waals surface area contributed by atoms with Crippen LogP contribution in [-0.2, 0) is 17.6 Å². The zero-order valence-electron chi connectivity index (χ0n) is 16.1. The summed E-state index contributed by atoms with van der Waals surface area (Å²) in [6.45, 7) is 0.0704. The van der Waals surface area contributed by atoms with E-state index in [4.69, 9.17) is 4.74 Å². The second-order valence-electron chi connectivity index (χ2n) is 6.96. The molecule has 2 aromatic carbocycles. The van der Waals surface area contributed by atoms with Crippen LogP contribution in [0.4, 0.5) is 5.69 Å². The Morgan fingerprint density at radius 2 is 1.93 bits per heavy atom.